The largest absolute Gasteiger partial charge is 0.387 e. The third kappa shape index (κ3) is 7.56. The monoisotopic (exact) mass is 401 g/mol. The van der Waals surface area contributed by atoms with Gasteiger partial charge in [-0.3, -0.25) is 4.79 Å². The van der Waals surface area contributed by atoms with Crippen molar-refractivity contribution in [2.24, 2.45) is 0 Å². The first-order chi connectivity index (χ1) is 13.6. The van der Waals surface area contributed by atoms with Crippen LogP contribution in [0.1, 0.15) is 76.2 Å². The topological polar surface area (TPSA) is 64.9 Å². The van der Waals surface area contributed by atoms with Gasteiger partial charge in [0, 0.05) is 23.0 Å². The Balaban J connectivity index is 1.96. The minimum atomic E-state index is -0.409. The maximum absolute atomic E-state index is 12.5. The lowest BCUT2D eigenvalue weighted by Crippen LogP contribution is -2.26. The Labute approximate surface area is 174 Å². The van der Waals surface area contributed by atoms with Crippen LogP contribution in [0.25, 0.3) is 0 Å². The fourth-order valence-electron chi connectivity index (χ4n) is 3.61. The molecule has 0 aromatic heterocycles. The predicted molar refractivity (Wildman–Crippen MR) is 116 cm³/mol. The van der Waals surface area contributed by atoms with Crippen LogP contribution in [-0.4, -0.2) is 11.9 Å². The van der Waals surface area contributed by atoms with Crippen LogP contribution in [0.4, 0.5) is 5.69 Å². The molecule has 2 rings (SSSR count). The lowest BCUT2D eigenvalue weighted by Gasteiger charge is -2.18. The standard InChI is InChI=1S/C23H32ClN3O/c1-18-21(24)14-11-15-22(18)27-23(28)19(16-25)17-26-20-12-9-7-5-3-2-4-6-8-10-13-20/h11,14-15,17,20,26H,2-10,12-13H2,1H3,(H,27,28)/b19-17-. The second kappa shape index (κ2) is 12.5. The number of rotatable bonds is 4. The smallest absolute Gasteiger partial charge is 0.267 e. The van der Waals surface area contributed by atoms with Gasteiger partial charge in [-0.1, -0.05) is 75.5 Å². The molecule has 1 amide bonds. The van der Waals surface area contributed by atoms with Crippen molar-refractivity contribution >= 4 is 23.2 Å². The minimum Gasteiger partial charge on any atom is -0.387 e. The molecular formula is C23H32ClN3O. The summed E-state index contributed by atoms with van der Waals surface area (Å²) in [6.07, 6.45) is 15.4. The summed E-state index contributed by atoms with van der Waals surface area (Å²) in [6, 6.07) is 7.68. The average Bonchev–Trinajstić information content (AvgIpc) is 2.67. The maximum atomic E-state index is 12.5. The molecule has 28 heavy (non-hydrogen) atoms. The van der Waals surface area contributed by atoms with Crippen LogP contribution < -0.4 is 10.6 Å². The van der Waals surface area contributed by atoms with Crippen molar-refractivity contribution < 1.29 is 4.79 Å². The molecule has 1 saturated carbocycles. The molecule has 5 heteroatoms. The van der Waals surface area contributed by atoms with Crippen LogP contribution in [0.15, 0.2) is 30.0 Å². The van der Waals surface area contributed by atoms with Crippen molar-refractivity contribution in [3.8, 4) is 6.07 Å². The molecule has 2 N–H and O–H groups in total. The lowest BCUT2D eigenvalue weighted by atomic mass is 9.98. The number of nitrogens with zero attached hydrogens (tertiary/aromatic N) is 1. The normalized spacial score (nSPS) is 17.7. The van der Waals surface area contributed by atoms with Crippen molar-refractivity contribution in [3.63, 3.8) is 0 Å². The third-order valence-electron chi connectivity index (χ3n) is 5.45. The van der Waals surface area contributed by atoms with Gasteiger partial charge in [0.15, 0.2) is 0 Å². The molecule has 1 aromatic carbocycles. The highest BCUT2D eigenvalue weighted by Gasteiger charge is 2.13. The van der Waals surface area contributed by atoms with E-state index in [9.17, 15) is 10.1 Å². The van der Waals surface area contributed by atoms with Gasteiger partial charge >= 0.3 is 0 Å². The summed E-state index contributed by atoms with van der Waals surface area (Å²) in [7, 11) is 0. The number of carbonyl (C=O) groups excluding carboxylic acids is 1. The highest BCUT2D eigenvalue weighted by Crippen LogP contribution is 2.23. The van der Waals surface area contributed by atoms with E-state index in [0.29, 0.717) is 16.8 Å². The van der Waals surface area contributed by atoms with E-state index in [4.69, 9.17) is 11.6 Å². The maximum Gasteiger partial charge on any atom is 0.267 e. The zero-order valence-corrected chi connectivity index (χ0v) is 17.7. The summed E-state index contributed by atoms with van der Waals surface area (Å²) in [4.78, 5) is 12.5. The van der Waals surface area contributed by atoms with Gasteiger partial charge < -0.3 is 10.6 Å². The molecule has 0 heterocycles. The molecule has 0 spiro atoms. The fraction of sp³-hybridized carbons (Fsp3) is 0.565. The summed E-state index contributed by atoms with van der Waals surface area (Å²) in [5.41, 5.74) is 1.51. The van der Waals surface area contributed by atoms with E-state index in [1.165, 1.54) is 57.8 Å². The molecule has 152 valence electrons. The molecule has 1 aromatic rings. The Morgan fingerprint density at radius 2 is 1.64 bits per heavy atom. The molecule has 1 aliphatic carbocycles. The van der Waals surface area contributed by atoms with E-state index < -0.39 is 5.91 Å². The van der Waals surface area contributed by atoms with Crippen molar-refractivity contribution in [2.45, 2.75) is 83.6 Å². The van der Waals surface area contributed by atoms with Crippen LogP contribution in [0.5, 0.6) is 0 Å². The van der Waals surface area contributed by atoms with E-state index in [1.807, 2.05) is 13.0 Å². The Morgan fingerprint density at radius 3 is 2.21 bits per heavy atom. The quantitative estimate of drug-likeness (QED) is 0.462. The zero-order valence-electron chi connectivity index (χ0n) is 16.9. The molecule has 0 radical (unpaired) electrons. The van der Waals surface area contributed by atoms with Crippen LogP contribution in [0, 0.1) is 18.3 Å². The number of amides is 1. The first-order valence-corrected chi connectivity index (χ1v) is 10.9. The number of hydrogen-bond donors (Lipinski definition) is 2. The van der Waals surface area contributed by atoms with Crippen LogP contribution >= 0.6 is 11.6 Å². The van der Waals surface area contributed by atoms with Gasteiger partial charge in [0.2, 0.25) is 0 Å². The lowest BCUT2D eigenvalue weighted by molar-refractivity contribution is -0.112. The fourth-order valence-corrected chi connectivity index (χ4v) is 3.79. The van der Waals surface area contributed by atoms with Gasteiger partial charge in [0.1, 0.15) is 11.6 Å². The number of carbonyl (C=O) groups is 1. The van der Waals surface area contributed by atoms with Gasteiger partial charge in [-0.25, -0.2) is 0 Å². The molecule has 4 nitrogen and oxygen atoms in total. The second-order valence-electron chi connectivity index (χ2n) is 7.66. The number of nitriles is 1. The van der Waals surface area contributed by atoms with E-state index in [-0.39, 0.29) is 5.57 Å². The molecule has 1 aliphatic rings. The summed E-state index contributed by atoms with van der Waals surface area (Å²) in [5.74, 6) is -0.409. The predicted octanol–water partition coefficient (Wildman–Crippen LogP) is 6.26. The van der Waals surface area contributed by atoms with E-state index in [1.54, 1.807) is 24.4 Å². The van der Waals surface area contributed by atoms with Crippen molar-refractivity contribution in [1.29, 1.82) is 5.26 Å². The first-order valence-electron chi connectivity index (χ1n) is 10.5. The van der Waals surface area contributed by atoms with E-state index in [0.717, 1.165) is 18.4 Å². The molecule has 0 unspecified atom stereocenters. The van der Waals surface area contributed by atoms with Gasteiger partial charge in [0.05, 0.1) is 0 Å². The average molecular weight is 402 g/mol. The summed E-state index contributed by atoms with van der Waals surface area (Å²) < 4.78 is 0. The summed E-state index contributed by atoms with van der Waals surface area (Å²) >= 11 is 6.11. The van der Waals surface area contributed by atoms with Crippen molar-refractivity contribution in [3.05, 3.63) is 40.6 Å². The Bertz CT molecular complexity index is 696. The number of anilines is 1. The van der Waals surface area contributed by atoms with Gasteiger partial charge in [-0.05, 0) is 37.5 Å². The van der Waals surface area contributed by atoms with Crippen molar-refractivity contribution in [1.82, 2.24) is 5.32 Å². The van der Waals surface area contributed by atoms with Crippen LogP contribution in [-0.2, 0) is 4.79 Å². The van der Waals surface area contributed by atoms with Crippen LogP contribution in [0.2, 0.25) is 5.02 Å². The number of halogens is 1. The third-order valence-corrected chi connectivity index (χ3v) is 5.86. The Hall–Kier alpha value is -1.99. The SMILES string of the molecule is Cc1c(Cl)cccc1NC(=O)/C(C#N)=C\NC1CCCCCCCCCCC1. The molecule has 0 saturated heterocycles. The van der Waals surface area contributed by atoms with Crippen molar-refractivity contribution in [2.75, 3.05) is 5.32 Å². The number of hydrogen-bond acceptors (Lipinski definition) is 3. The number of benzene rings is 1. The van der Waals surface area contributed by atoms with Gasteiger partial charge in [-0.2, -0.15) is 5.26 Å². The summed E-state index contributed by atoms with van der Waals surface area (Å²) in [5, 5.41) is 16.2. The minimum absolute atomic E-state index is 0.0884. The van der Waals surface area contributed by atoms with E-state index in [2.05, 4.69) is 10.6 Å². The molecular weight excluding hydrogens is 370 g/mol. The Kier molecular flexibility index (Phi) is 9.93. The van der Waals surface area contributed by atoms with Gasteiger partial charge in [0.25, 0.3) is 5.91 Å². The number of nitrogens with one attached hydrogen (secondary N) is 2. The first kappa shape index (κ1) is 22.3. The highest BCUT2D eigenvalue weighted by atomic mass is 35.5. The van der Waals surface area contributed by atoms with E-state index >= 15 is 0 Å². The molecule has 1 fully saturated rings. The van der Waals surface area contributed by atoms with Crippen LogP contribution in [0.3, 0.4) is 0 Å². The summed E-state index contributed by atoms with van der Waals surface area (Å²) in [6.45, 7) is 1.84. The molecule has 0 bridgehead atoms. The Morgan fingerprint density at radius 1 is 1.07 bits per heavy atom. The molecule has 0 aliphatic heterocycles. The van der Waals surface area contributed by atoms with Gasteiger partial charge in [-0.15, -0.1) is 0 Å². The molecule has 0 atom stereocenters. The zero-order chi connectivity index (χ0) is 20.2. The second-order valence-corrected chi connectivity index (χ2v) is 8.07. The highest BCUT2D eigenvalue weighted by molar-refractivity contribution is 6.31.